The fourth-order valence-corrected chi connectivity index (χ4v) is 2.88. The molecule has 118 valence electrons. The Kier molecular flexibility index (Phi) is 5.73. The molecule has 0 bridgehead atoms. The van der Waals surface area contributed by atoms with Gasteiger partial charge in [0, 0.05) is 0 Å². The standard InChI is InChI=1S/C19H28OSi2/c1-19(2,3)22(7,8)20-18-15-10-9-13-17(18)14-11-12-16-21(4,5)6/h9-10,13,15H,1-8H3. The molecule has 0 aliphatic rings. The van der Waals surface area contributed by atoms with Crippen LogP contribution in [0.5, 0.6) is 5.75 Å². The van der Waals surface area contributed by atoms with Gasteiger partial charge in [0.1, 0.15) is 13.8 Å². The van der Waals surface area contributed by atoms with E-state index < -0.39 is 16.4 Å². The first-order valence-electron chi connectivity index (χ1n) is 7.74. The molecule has 0 saturated heterocycles. The molecule has 1 nitrogen and oxygen atoms in total. The van der Waals surface area contributed by atoms with E-state index >= 15 is 0 Å². The summed E-state index contributed by atoms with van der Waals surface area (Å²) in [4.78, 5) is 0. The van der Waals surface area contributed by atoms with Crippen molar-refractivity contribution in [1.82, 2.24) is 0 Å². The maximum absolute atomic E-state index is 6.39. The lowest BCUT2D eigenvalue weighted by atomic mass is 10.2. The average molecular weight is 329 g/mol. The lowest BCUT2D eigenvalue weighted by Gasteiger charge is -2.36. The van der Waals surface area contributed by atoms with Crippen LogP contribution in [-0.2, 0) is 0 Å². The monoisotopic (exact) mass is 328 g/mol. The predicted octanol–water partition coefficient (Wildman–Crippen LogP) is 5.30. The van der Waals surface area contributed by atoms with Crippen LogP contribution in [0.3, 0.4) is 0 Å². The highest BCUT2D eigenvalue weighted by atomic mass is 28.4. The SMILES string of the molecule is CC(C)(C)[Si](C)(C)Oc1ccccc1C#CC#C[Si](C)(C)C. The van der Waals surface area contributed by atoms with Gasteiger partial charge in [0.05, 0.1) is 5.56 Å². The van der Waals surface area contributed by atoms with Crippen molar-refractivity contribution in [2.24, 2.45) is 0 Å². The average Bonchev–Trinajstić information content (AvgIpc) is 2.33. The van der Waals surface area contributed by atoms with Crippen molar-refractivity contribution in [1.29, 1.82) is 0 Å². The van der Waals surface area contributed by atoms with E-state index in [2.05, 4.69) is 76.8 Å². The van der Waals surface area contributed by atoms with Gasteiger partial charge in [-0.25, -0.2) is 0 Å². The molecule has 1 aromatic carbocycles. The summed E-state index contributed by atoms with van der Waals surface area (Å²) in [6.45, 7) is 17.9. The van der Waals surface area contributed by atoms with Crippen LogP contribution in [0.1, 0.15) is 26.3 Å². The van der Waals surface area contributed by atoms with Crippen LogP contribution in [0.15, 0.2) is 24.3 Å². The van der Waals surface area contributed by atoms with Gasteiger partial charge in [-0.15, -0.1) is 5.54 Å². The van der Waals surface area contributed by atoms with Crippen LogP contribution in [0.4, 0.5) is 0 Å². The molecule has 0 saturated carbocycles. The molecule has 0 aliphatic carbocycles. The summed E-state index contributed by atoms with van der Waals surface area (Å²) < 4.78 is 6.39. The number of rotatable bonds is 2. The summed E-state index contributed by atoms with van der Waals surface area (Å²) >= 11 is 0. The molecule has 0 aromatic heterocycles. The Bertz CT molecular complexity index is 638. The molecule has 0 heterocycles. The Hall–Kier alpha value is -1.43. The van der Waals surface area contributed by atoms with Crippen LogP contribution in [0, 0.1) is 23.3 Å². The van der Waals surface area contributed by atoms with E-state index in [4.69, 9.17) is 4.43 Å². The Morgan fingerprint density at radius 1 is 0.909 bits per heavy atom. The summed E-state index contributed by atoms with van der Waals surface area (Å²) in [5, 5.41) is 0.172. The van der Waals surface area contributed by atoms with Gasteiger partial charge in [-0.2, -0.15) is 0 Å². The number of hydrogen-bond acceptors (Lipinski definition) is 1. The van der Waals surface area contributed by atoms with E-state index in [1.54, 1.807) is 0 Å². The third-order valence-corrected chi connectivity index (χ3v) is 8.97. The van der Waals surface area contributed by atoms with E-state index in [0.717, 1.165) is 11.3 Å². The molecule has 0 spiro atoms. The van der Waals surface area contributed by atoms with Crippen LogP contribution >= 0.6 is 0 Å². The molecule has 0 amide bonds. The first-order valence-corrected chi connectivity index (χ1v) is 14.1. The summed E-state index contributed by atoms with van der Waals surface area (Å²) in [5.41, 5.74) is 4.20. The van der Waals surface area contributed by atoms with E-state index in [0.29, 0.717) is 0 Å². The maximum Gasteiger partial charge on any atom is 0.250 e. The zero-order chi connectivity index (χ0) is 17.0. The predicted molar refractivity (Wildman–Crippen MR) is 102 cm³/mol. The highest BCUT2D eigenvalue weighted by Gasteiger charge is 2.39. The second kappa shape index (κ2) is 6.77. The molecule has 1 aromatic rings. The zero-order valence-corrected chi connectivity index (χ0v) is 17.2. The van der Waals surface area contributed by atoms with Crippen molar-refractivity contribution in [2.75, 3.05) is 0 Å². The quantitative estimate of drug-likeness (QED) is 0.528. The molecule has 22 heavy (non-hydrogen) atoms. The van der Waals surface area contributed by atoms with Gasteiger partial charge < -0.3 is 4.43 Å². The van der Waals surface area contributed by atoms with E-state index in [-0.39, 0.29) is 5.04 Å². The van der Waals surface area contributed by atoms with E-state index in [9.17, 15) is 0 Å². The zero-order valence-electron chi connectivity index (χ0n) is 15.2. The Balaban J connectivity index is 3.06. The summed E-state index contributed by atoms with van der Waals surface area (Å²) in [6.07, 6.45) is 0. The Morgan fingerprint density at radius 3 is 2.05 bits per heavy atom. The molecule has 0 N–H and O–H groups in total. The van der Waals surface area contributed by atoms with E-state index in [1.165, 1.54) is 0 Å². The molecule has 0 atom stereocenters. The van der Waals surface area contributed by atoms with Crippen molar-refractivity contribution >= 4 is 16.4 Å². The second-order valence-electron chi connectivity index (χ2n) is 8.11. The minimum atomic E-state index is -1.85. The van der Waals surface area contributed by atoms with Crippen LogP contribution in [-0.4, -0.2) is 16.4 Å². The minimum absolute atomic E-state index is 0.172. The molecular weight excluding hydrogens is 300 g/mol. The largest absolute Gasteiger partial charge is 0.543 e. The lowest BCUT2D eigenvalue weighted by molar-refractivity contribution is 0.491. The summed E-state index contributed by atoms with van der Waals surface area (Å²) in [6, 6.07) is 8.01. The molecule has 0 radical (unpaired) electrons. The third-order valence-electron chi connectivity index (χ3n) is 3.76. The number of para-hydroxylation sites is 1. The van der Waals surface area contributed by atoms with Gasteiger partial charge in [-0.1, -0.05) is 52.5 Å². The van der Waals surface area contributed by atoms with Crippen LogP contribution in [0.2, 0.25) is 37.8 Å². The maximum atomic E-state index is 6.39. The second-order valence-corrected chi connectivity index (χ2v) is 17.6. The topological polar surface area (TPSA) is 9.23 Å². The smallest absolute Gasteiger partial charge is 0.250 e. The van der Waals surface area contributed by atoms with Crippen LogP contribution in [0.25, 0.3) is 0 Å². The molecule has 0 fully saturated rings. The highest BCUT2D eigenvalue weighted by Crippen LogP contribution is 2.37. The van der Waals surface area contributed by atoms with Gasteiger partial charge in [0.15, 0.2) is 0 Å². The number of benzene rings is 1. The van der Waals surface area contributed by atoms with Gasteiger partial charge in [0.2, 0.25) is 0 Å². The first-order chi connectivity index (χ1) is 9.92. The van der Waals surface area contributed by atoms with Crippen molar-refractivity contribution in [3.05, 3.63) is 29.8 Å². The minimum Gasteiger partial charge on any atom is -0.543 e. The van der Waals surface area contributed by atoms with Gasteiger partial charge in [-0.05, 0) is 48.0 Å². The number of hydrogen-bond donors (Lipinski definition) is 0. The Labute approximate surface area is 138 Å². The molecule has 3 heteroatoms. The Morgan fingerprint density at radius 2 is 1.50 bits per heavy atom. The van der Waals surface area contributed by atoms with Gasteiger partial charge in [0.25, 0.3) is 8.32 Å². The van der Waals surface area contributed by atoms with Gasteiger partial charge in [-0.3, -0.25) is 0 Å². The molecule has 1 rings (SSSR count). The van der Waals surface area contributed by atoms with Crippen molar-refractivity contribution in [2.45, 2.75) is 58.5 Å². The fraction of sp³-hybridized carbons (Fsp3) is 0.474. The van der Waals surface area contributed by atoms with Crippen molar-refractivity contribution in [3.8, 4) is 29.1 Å². The normalized spacial score (nSPS) is 11.8. The van der Waals surface area contributed by atoms with Crippen molar-refractivity contribution in [3.63, 3.8) is 0 Å². The van der Waals surface area contributed by atoms with E-state index in [1.807, 2.05) is 24.3 Å². The molecule has 0 unspecified atom stereocenters. The molecular formula is C19H28OSi2. The first kappa shape index (κ1) is 18.6. The lowest BCUT2D eigenvalue weighted by Crippen LogP contribution is -2.44. The highest BCUT2D eigenvalue weighted by molar-refractivity contribution is 6.83. The summed E-state index contributed by atoms with van der Waals surface area (Å²) in [5.74, 6) is 10.0. The third kappa shape index (κ3) is 5.75. The molecule has 0 aliphatic heterocycles. The fourth-order valence-electron chi connectivity index (χ4n) is 1.40. The van der Waals surface area contributed by atoms with Crippen LogP contribution < -0.4 is 4.43 Å². The van der Waals surface area contributed by atoms with Crippen molar-refractivity contribution < 1.29 is 4.43 Å². The summed E-state index contributed by atoms with van der Waals surface area (Å²) in [7, 11) is -3.21. The van der Waals surface area contributed by atoms with Gasteiger partial charge >= 0.3 is 0 Å².